The Labute approximate surface area is 82.1 Å². The summed E-state index contributed by atoms with van der Waals surface area (Å²) in [5.74, 6) is -1.13. The van der Waals surface area contributed by atoms with Gasteiger partial charge in [-0.25, -0.2) is 0 Å². The molecule has 0 heterocycles. The van der Waals surface area contributed by atoms with Crippen LogP contribution in [0.25, 0.3) is 0 Å². The van der Waals surface area contributed by atoms with E-state index in [2.05, 4.69) is 5.32 Å². The fourth-order valence-corrected chi connectivity index (χ4v) is 0.797. The van der Waals surface area contributed by atoms with Gasteiger partial charge in [-0.05, 0) is 12.8 Å². The number of primary amides is 1. The summed E-state index contributed by atoms with van der Waals surface area (Å²) in [6.07, 6.45) is 0.0733. The van der Waals surface area contributed by atoms with Crippen LogP contribution < -0.4 is 11.1 Å². The maximum Gasteiger partial charge on any atom is 0.248 e. The van der Waals surface area contributed by atoms with Gasteiger partial charge < -0.3 is 21.3 Å². The lowest BCUT2D eigenvalue weighted by Crippen LogP contribution is -2.39. The molecule has 14 heavy (non-hydrogen) atoms. The summed E-state index contributed by atoms with van der Waals surface area (Å²) in [5.41, 5.74) is 4.77. The molecule has 0 aliphatic carbocycles. The molecule has 0 aliphatic rings. The van der Waals surface area contributed by atoms with E-state index in [-0.39, 0.29) is 25.5 Å². The highest BCUT2D eigenvalue weighted by atomic mass is 16.3. The lowest BCUT2D eigenvalue weighted by Gasteiger charge is -2.07. The van der Waals surface area contributed by atoms with E-state index in [4.69, 9.17) is 15.9 Å². The average molecular weight is 204 g/mol. The molecule has 0 aromatic carbocycles. The molecule has 5 N–H and O–H groups in total. The van der Waals surface area contributed by atoms with E-state index in [1.165, 1.54) is 0 Å². The number of aliphatic hydroxyl groups excluding tert-OH is 2. The number of carbonyl (C=O) groups is 2. The Balaban J connectivity index is 3.48. The molecule has 0 bridgehead atoms. The molecule has 0 spiro atoms. The molecule has 6 heteroatoms. The van der Waals surface area contributed by atoms with Crippen LogP contribution >= 0.6 is 0 Å². The lowest BCUT2D eigenvalue weighted by atomic mass is 10.2. The normalized spacial score (nSPS) is 12.1. The fraction of sp³-hybridized carbons (Fsp3) is 0.750. The number of aliphatic hydroxyl groups is 2. The minimum Gasteiger partial charge on any atom is -0.396 e. The standard InChI is InChI=1S/C8H16N2O4/c9-8(14)6(12)5-10-7(13)3-1-2-4-11/h6,11-12H,1-5H2,(H2,9,14)(H,10,13). The summed E-state index contributed by atoms with van der Waals surface area (Å²) in [6, 6.07) is 0. The van der Waals surface area contributed by atoms with Gasteiger partial charge in [-0.15, -0.1) is 0 Å². The number of unbranched alkanes of at least 4 members (excludes halogenated alkanes) is 1. The Kier molecular flexibility index (Phi) is 6.69. The number of amides is 2. The second kappa shape index (κ2) is 7.28. The Bertz CT molecular complexity index is 196. The predicted molar refractivity (Wildman–Crippen MR) is 49.1 cm³/mol. The molecule has 0 aliphatic heterocycles. The van der Waals surface area contributed by atoms with Gasteiger partial charge in [0.2, 0.25) is 11.8 Å². The number of nitrogens with two attached hydrogens (primary N) is 1. The monoisotopic (exact) mass is 204 g/mol. The molecule has 0 saturated heterocycles. The molecule has 2 amide bonds. The van der Waals surface area contributed by atoms with Crippen LogP contribution in [0.1, 0.15) is 19.3 Å². The van der Waals surface area contributed by atoms with E-state index in [9.17, 15) is 9.59 Å². The van der Waals surface area contributed by atoms with Crippen LogP contribution in [0.3, 0.4) is 0 Å². The quantitative estimate of drug-likeness (QED) is 0.363. The largest absolute Gasteiger partial charge is 0.396 e. The van der Waals surface area contributed by atoms with E-state index in [1.54, 1.807) is 0 Å². The first-order chi connectivity index (χ1) is 6.57. The summed E-state index contributed by atoms with van der Waals surface area (Å²) in [7, 11) is 0. The Morgan fingerprint density at radius 3 is 2.50 bits per heavy atom. The number of carbonyl (C=O) groups excluding carboxylic acids is 2. The third kappa shape index (κ3) is 6.38. The Morgan fingerprint density at radius 2 is 2.00 bits per heavy atom. The highest BCUT2D eigenvalue weighted by Gasteiger charge is 2.11. The second-order valence-electron chi connectivity index (χ2n) is 2.90. The van der Waals surface area contributed by atoms with Crippen molar-refractivity contribution in [3.63, 3.8) is 0 Å². The van der Waals surface area contributed by atoms with E-state index in [0.29, 0.717) is 12.8 Å². The van der Waals surface area contributed by atoms with Gasteiger partial charge in [0.1, 0.15) is 6.10 Å². The van der Waals surface area contributed by atoms with Crippen LogP contribution in [0.15, 0.2) is 0 Å². The van der Waals surface area contributed by atoms with Gasteiger partial charge >= 0.3 is 0 Å². The van der Waals surface area contributed by atoms with Crippen LogP contribution in [0.2, 0.25) is 0 Å². The van der Waals surface area contributed by atoms with Crippen molar-refractivity contribution in [3.8, 4) is 0 Å². The molecule has 0 fully saturated rings. The van der Waals surface area contributed by atoms with Crippen molar-refractivity contribution in [1.82, 2.24) is 5.32 Å². The highest BCUT2D eigenvalue weighted by molar-refractivity contribution is 5.80. The van der Waals surface area contributed by atoms with E-state index in [0.717, 1.165) is 0 Å². The number of hydrogen-bond acceptors (Lipinski definition) is 4. The van der Waals surface area contributed by atoms with Gasteiger partial charge in [0.15, 0.2) is 0 Å². The van der Waals surface area contributed by atoms with Gasteiger partial charge in [-0.3, -0.25) is 9.59 Å². The minimum atomic E-state index is -1.34. The van der Waals surface area contributed by atoms with Crippen LogP contribution in [0, 0.1) is 0 Å². The topological polar surface area (TPSA) is 113 Å². The first-order valence-corrected chi connectivity index (χ1v) is 4.43. The zero-order valence-electron chi connectivity index (χ0n) is 7.90. The molecule has 1 unspecified atom stereocenters. The number of hydrogen-bond donors (Lipinski definition) is 4. The van der Waals surface area contributed by atoms with Crippen molar-refractivity contribution in [3.05, 3.63) is 0 Å². The summed E-state index contributed by atoms with van der Waals surface area (Å²) in [6.45, 7) is -0.107. The van der Waals surface area contributed by atoms with Gasteiger partial charge in [0, 0.05) is 13.0 Å². The predicted octanol–water partition coefficient (Wildman–Crippen LogP) is -1.89. The third-order valence-corrected chi connectivity index (χ3v) is 1.63. The summed E-state index contributed by atoms with van der Waals surface area (Å²) in [4.78, 5) is 21.3. The first-order valence-electron chi connectivity index (χ1n) is 4.43. The molecule has 0 rings (SSSR count). The molecule has 0 aromatic heterocycles. The van der Waals surface area contributed by atoms with E-state index >= 15 is 0 Å². The highest BCUT2D eigenvalue weighted by Crippen LogP contribution is 1.93. The van der Waals surface area contributed by atoms with Crippen molar-refractivity contribution < 1.29 is 19.8 Å². The van der Waals surface area contributed by atoms with E-state index < -0.39 is 12.0 Å². The van der Waals surface area contributed by atoms with Crippen LogP contribution in [0.4, 0.5) is 0 Å². The third-order valence-electron chi connectivity index (χ3n) is 1.63. The molecule has 1 atom stereocenters. The Hall–Kier alpha value is -1.14. The fourth-order valence-electron chi connectivity index (χ4n) is 0.797. The molecule has 0 aromatic rings. The summed E-state index contributed by atoms with van der Waals surface area (Å²) >= 11 is 0. The summed E-state index contributed by atoms with van der Waals surface area (Å²) < 4.78 is 0. The van der Waals surface area contributed by atoms with Crippen molar-refractivity contribution in [2.45, 2.75) is 25.4 Å². The smallest absolute Gasteiger partial charge is 0.248 e. The average Bonchev–Trinajstić information content (AvgIpc) is 2.14. The van der Waals surface area contributed by atoms with E-state index in [1.807, 2.05) is 0 Å². The minimum absolute atomic E-state index is 0.0528. The second-order valence-corrected chi connectivity index (χ2v) is 2.90. The van der Waals surface area contributed by atoms with Crippen LogP contribution in [-0.2, 0) is 9.59 Å². The van der Waals surface area contributed by atoms with Crippen molar-refractivity contribution in [1.29, 1.82) is 0 Å². The SMILES string of the molecule is NC(=O)C(O)CNC(=O)CCCCO. The lowest BCUT2D eigenvalue weighted by molar-refractivity contribution is -0.127. The van der Waals surface area contributed by atoms with Crippen molar-refractivity contribution in [2.75, 3.05) is 13.2 Å². The molecular formula is C8H16N2O4. The number of rotatable bonds is 7. The van der Waals surface area contributed by atoms with Gasteiger partial charge in [0.05, 0.1) is 6.54 Å². The van der Waals surface area contributed by atoms with Gasteiger partial charge in [0.25, 0.3) is 0 Å². The van der Waals surface area contributed by atoms with Gasteiger partial charge in [-0.2, -0.15) is 0 Å². The molecule has 82 valence electrons. The molecular weight excluding hydrogens is 188 g/mol. The molecule has 0 radical (unpaired) electrons. The maximum absolute atomic E-state index is 11.0. The maximum atomic E-state index is 11.0. The van der Waals surface area contributed by atoms with Crippen LogP contribution in [-0.4, -0.2) is 41.3 Å². The molecule has 6 nitrogen and oxygen atoms in total. The van der Waals surface area contributed by atoms with Crippen LogP contribution in [0.5, 0.6) is 0 Å². The first kappa shape index (κ1) is 12.9. The zero-order chi connectivity index (χ0) is 11.0. The summed E-state index contributed by atoms with van der Waals surface area (Å²) in [5, 5.41) is 19.7. The van der Waals surface area contributed by atoms with Gasteiger partial charge in [-0.1, -0.05) is 0 Å². The van der Waals surface area contributed by atoms with Crippen molar-refractivity contribution in [2.24, 2.45) is 5.73 Å². The zero-order valence-corrected chi connectivity index (χ0v) is 7.90. The molecule has 0 saturated carbocycles. The van der Waals surface area contributed by atoms with Crippen molar-refractivity contribution >= 4 is 11.8 Å². The Morgan fingerprint density at radius 1 is 1.36 bits per heavy atom. The number of nitrogens with one attached hydrogen (secondary N) is 1.